The van der Waals surface area contributed by atoms with E-state index in [9.17, 15) is 14.9 Å². The van der Waals surface area contributed by atoms with Crippen LogP contribution in [-0.2, 0) is 0 Å². The summed E-state index contributed by atoms with van der Waals surface area (Å²) in [5.41, 5.74) is -0.423. The van der Waals surface area contributed by atoms with E-state index in [1.807, 2.05) is 11.8 Å². The summed E-state index contributed by atoms with van der Waals surface area (Å²) in [5, 5.41) is 20.0. The van der Waals surface area contributed by atoms with E-state index in [2.05, 4.69) is 4.98 Å². The highest BCUT2D eigenvalue weighted by atomic mass is 32.2. The number of carbonyl (C=O) groups is 1. The number of carboxylic acids is 1. The number of nitro groups is 1. The maximum Gasteiger partial charge on any atom is 0.337 e. The Morgan fingerprint density at radius 1 is 1.68 bits per heavy atom. The van der Waals surface area contributed by atoms with Gasteiger partial charge in [0.2, 0.25) is 5.82 Å². The fourth-order valence-corrected chi connectivity index (χ4v) is 2.97. The third kappa shape index (κ3) is 2.78. The minimum absolute atomic E-state index is 0.139. The smallest absolute Gasteiger partial charge is 0.337 e. The highest BCUT2D eigenvalue weighted by molar-refractivity contribution is 7.99. The van der Waals surface area contributed by atoms with Gasteiger partial charge in [-0.25, -0.2) is 9.78 Å². The summed E-state index contributed by atoms with van der Waals surface area (Å²) in [4.78, 5) is 27.2. The van der Waals surface area contributed by atoms with Gasteiger partial charge in [0.05, 0.1) is 10.5 Å². The van der Waals surface area contributed by atoms with Crippen molar-refractivity contribution < 1.29 is 14.8 Å². The van der Waals surface area contributed by atoms with Crippen molar-refractivity contribution in [1.82, 2.24) is 4.98 Å². The third-order valence-electron chi connectivity index (χ3n) is 2.93. The molecule has 0 spiro atoms. The van der Waals surface area contributed by atoms with Gasteiger partial charge in [0, 0.05) is 36.4 Å². The maximum atomic E-state index is 11.1. The number of aromatic nitrogens is 1. The SMILES string of the molecule is CC1CSCCN1c1ncc(C(=O)O)cc1[N+](=O)[O-]. The molecule has 7 nitrogen and oxygen atoms in total. The van der Waals surface area contributed by atoms with Crippen molar-refractivity contribution in [3.05, 3.63) is 27.9 Å². The molecule has 0 saturated carbocycles. The maximum absolute atomic E-state index is 11.1. The number of thioether (sulfide) groups is 1. The number of rotatable bonds is 3. The van der Waals surface area contributed by atoms with E-state index < -0.39 is 10.9 Å². The second kappa shape index (κ2) is 5.43. The lowest BCUT2D eigenvalue weighted by Crippen LogP contribution is -2.41. The molecular formula is C11H13N3O4S. The van der Waals surface area contributed by atoms with Crippen molar-refractivity contribution in [3.63, 3.8) is 0 Å². The Labute approximate surface area is 113 Å². The first kappa shape index (κ1) is 13.6. The van der Waals surface area contributed by atoms with Crippen LogP contribution >= 0.6 is 11.8 Å². The van der Waals surface area contributed by atoms with Gasteiger partial charge in [-0.05, 0) is 6.92 Å². The van der Waals surface area contributed by atoms with Crippen molar-refractivity contribution in [3.8, 4) is 0 Å². The van der Waals surface area contributed by atoms with E-state index in [4.69, 9.17) is 5.11 Å². The van der Waals surface area contributed by atoms with E-state index in [0.29, 0.717) is 6.54 Å². The van der Waals surface area contributed by atoms with Crippen LogP contribution in [0.4, 0.5) is 11.5 Å². The van der Waals surface area contributed by atoms with Crippen molar-refractivity contribution >= 4 is 29.2 Å². The van der Waals surface area contributed by atoms with E-state index in [-0.39, 0.29) is 23.1 Å². The minimum Gasteiger partial charge on any atom is -0.478 e. The van der Waals surface area contributed by atoms with Gasteiger partial charge < -0.3 is 10.0 Å². The van der Waals surface area contributed by atoms with Crippen molar-refractivity contribution in [1.29, 1.82) is 0 Å². The molecule has 1 fully saturated rings. The number of pyridine rings is 1. The van der Waals surface area contributed by atoms with E-state index in [0.717, 1.165) is 17.6 Å². The number of hydrogen-bond acceptors (Lipinski definition) is 6. The molecule has 0 aliphatic carbocycles. The molecule has 19 heavy (non-hydrogen) atoms. The van der Waals surface area contributed by atoms with Gasteiger partial charge in [0.15, 0.2) is 0 Å². The second-order valence-corrected chi connectivity index (χ2v) is 5.40. The van der Waals surface area contributed by atoms with Gasteiger partial charge in [-0.1, -0.05) is 0 Å². The first-order chi connectivity index (χ1) is 9.00. The molecular weight excluding hydrogens is 270 g/mol. The van der Waals surface area contributed by atoms with Gasteiger partial charge in [-0.15, -0.1) is 0 Å². The molecule has 0 radical (unpaired) electrons. The summed E-state index contributed by atoms with van der Waals surface area (Å²) in [6.45, 7) is 2.65. The first-order valence-corrected chi connectivity index (χ1v) is 6.88. The third-order valence-corrected chi connectivity index (χ3v) is 4.12. The van der Waals surface area contributed by atoms with Gasteiger partial charge in [-0.3, -0.25) is 10.1 Å². The molecule has 1 aromatic heterocycles. The lowest BCUT2D eigenvalue weighted by atomic mass is 10.2. The monoisotopic (exact) mass is 283 g/mol. The number of nitrogens with zero attached hydrogens (tertiary/aromatic N) is 3. The van der Waals surface area contributed by atoms with Gasteiger partial charge in [0.1, 0.15) is 0 Å². The van der Waals surface area contributed by atoms with Crippen LogP contribution in [0.5, 0.6) is 0 Å². The highest BCUT2D eigenvalue weighted by Crippen LogP contribution is 2.30. The summed E-state index contributed by atoms with van der Waals surface area (Å²) in [5.74, 6) is 0.788. The predicted octanol–water partition coefficient (Wildman–Crippen LogP) is 1.63. The fraction of sp³-hybridized carbons (Fsp3) is 0.455. The van der Waals surface area contributed by atoms with Crippen molar-refractivity contribution in [2.24, 2.45) is 0 Å². The molecule has 1 saturated heterocycles. The van der Waals surface area contributed by atoms with Crippen LogP contribution in [0, 0.1) is 10.1 Å². The number of hydrogen-bond donors (Lipinski definition) is 1. The van der Waals surface area contributed by atoms with Crippen LogP contribution in [-0.4, -0.2) is 45.1 Å². The number of aromatic carboxylic acids is 1. The van der Waals surface area contributed by atoms with Crippen molar-refractivity contribution in [2.75, 3.05) is 23.0 Å². The normalized spacial score (nSPS) is 19.2. The Morgan fingerprint density at radius 3 is 3.00 bits per heavy atom. The molecule has 2 heterocycles. The van der Waals surface area contributed by atoms with Crippen LogP contribution < -0.4 is 4.90 Å². The quantitative estimate of drug-likeness (QED) is 0.665. The summed E-state index contributed by atoms with van der Waals surface area (Å²) in [7, 11) is 0. The Morgan fingerprint density at radius 2 is 2.42 bits per heavy atom. The molecule has 0 amide bonds. The Bertz CT molecular complexity index is 523. The van der Waals surface area contributed by atoms with Gasteiger partial charge in [-0.2, -0.15) is 11.8 Å². The second-order valence-electron chi connectivity index (χ2n) is 4.25. The number of carboxylic acid groups (broad SMARTS) is 1. The van der Waals surface area contributed by atoms with Crippen molar-refractivity contribution in [2.45, 2.75) is 13.0 Å². The van der Waals surface area contributed by atoms with E-state index in [1.54, 1.807) is 11.8 Å². The summed E-state index contributed by atoms with van der Waals surface area (Å²) in [6.07, 6.45) is 1.17. The minimum atomic E-state index is -1.22. The van der Waals surface area contributed by atoms with Crippen LogP contribution in [0.15, 0.2) is 12.3 Å². The van der Waals surface area contributed by atoms with E-state index in [1.165, 1.54) is 6.20 Å². The Kier molecular flexibility index (Phi) is 3.89. The lowest BCUT2D eigenvalue weighted by Gasteiger charge is -2.33. The van der Waals surface area contributed by atoms with Crippen LogP contribution in [0.1, 0.15) is 17.3 Å². The Hall–Kier alpha value is -1.83. The molecule has 0 bridgehead atoms. The standard InChI is InChI=1S/C11H13N3O4S/c1-7-6-19-3-2-13(7)10-9(14(17)18)4-8(5-12-10)11(15)16/h4-5,7H,2-3,6H2,1H3,(H,15,16). The van der Waals surface area contributed by atoms with Crippen LogP contribution in [0.3, 0.4) is 0 Å². The molecule has 1 N–H and O–H groups in total. The zero-order valence-corrected chi connectivity index (χ0v) is 11.1. The lowest BCUT2D eigenvalue weighted by molar-refractivity contribution is -0.384. The first-order valence-electron chi connectivity index (χ1n) is 5.73. The van der Waals surface area contributed by atoms with Gasteiger partial charge >= 0.3 is 11.7 Å². The zero-order valence-electron chi connectivity index (χ0n) is 10.3. The number of anilines is 1. The van der Waals surface area contributed by atoms with Crippen LogP contribution in [0.25, 0.3) is 0 Å². The summed E-state index contributed by atoms with van der Waals surface area (Å²) >= 11 is 1.79. The molecule has 2 rings (SSSR count). The largest absolute Gasteiger partial charge is 0.478 e. The summed E-state index contributed by atoms with van der Waals surface area (Å²) in [6, 6.07) is 1.21. The van der Waals surface area contributed by atoms with E-state index >= 15 is 0 Å². The highest BCUT2D eigenvalue weighted by Gasteiger charge is 2.28. The molecule has 1 atom stereocenters. The predicted molar refractivity (Wildman–Crippen MR) is 72.0 cm³/mol. The molecule has 1 aliphatic heterocycles. The van der Waals surface area contributed by atoms with Crippen LogP contribution in [0.2, 0.25) is 0 Å². The topological polar surface area (TPSA) is 96.6 Å². The van der Waals surface area contributed by atoms with Gasteiger partial charge in [0.25, 0.3) is 0 Å². The summed E-state index contributed by atoms with van der Waals surface area (Å²) < 4.78 is 0. The molecule has 102 valence electrons. The zero-order chi connectivity index (χ0) is 14.0. The average Bonchev–Trinajstić information content (AvgIpc) is 2.38. The molecule has 8 heteroatoms. The molecule has 1 aliphatic rings. The average molecular weight is 283 g/mol. The molecule has 1 aromatic rings. The molecule has 0 aromatic carbocycles. The Balaban J connectivity index is 2.44. The fourth-order valence-electron chi connectivity index (χ4n) is 1.96. The molecule has 1 unspecified atom stereocenters.